The molecule has 0 bridgehead atoms. The Bertz CT molecular complexity index is 513. The third kappa shape index (κ3) is 3.92. The van der Waals surface area contributed by atoms with Gasteiger partial charge in [-0.05, 0) is 24.5 Å². The second-order valence-corrected chi connectivity index (χ2v) is 4.66. The molecule has 0 aromatic heterocycles. The predicted molar refractivity (Wildman–Crippen MR) is 70.3 cm³/mol. The number of aliphatic hydroxyl groups is 1. The summed E-state index contributed by atoms with van der Waals surface area (Å²) in [4.78, 5) is 21.8. The van der Waals surface area contributed by atoms with Gasteiger partial charge in [0.2, 0.25) is 5.91 Å². The van der Waals surface area contributed by atoms with Crippen LogP contribution in [-0.4, -0.2) is 28.6 Å². The molecule has 0 radical (unpaired) electrons. The van der Waals surface area contributed by atoms with E-state index in [9.17, 15) is 14.9 Å². The average molecular weight is 280 g/mol. The number of benzene rings is 1. The molecule has 1 aliphatic rings. The average Bonchev–Trinajstić information content (AvgIpc) is 3.22. The minimum atomic E-state index is -0.571. The lowest BCUT2D eigenvalue weighted by atomic mass is 10.2. The van der Waals surface area contributed by atoms with E-state index in [4.69, 9.17) is 9.84 Å². The summed E-state index contributed by atoms with van der Waals surface area (Å²) in [7, 11) is 0. The zero-order valence-corrected chi connectivity index (χ0v) is 10.9. The van der Waals surface area contributed by atoms with E-state index in [0.29, 0.717) is 11.6 Å². The van der Waals surface area contributed by atoms with Gasteiger partial charge in [-0.2, -0.15) is 0 Å². The maximum absolute atomic E-state index is 11.4. The largest absolute Gasteiger partial charge is 0.486 e. The Morgan fingerprint density at radius 1 is 1.50 bits per heavy atom. The monoisotopic (exact) mass is 280 g/mol. The molecule has 1 aromatic rings. The molecule has 7 nitrogen and oxygen atoms in total. The molecule has 0 aliphatic heterocycles. The number of carbonyl (C=O) groups is 1. The predicted octanol–water partition coefficient (Wildman–Crippen LogP) is 1.13. The van der Waals surface area contributed by atoms with Gasteiger partial charge in [-0.25, -0.2) is 0 Å². The van der Waals surface area contributed by atoms with Crippen molar-refractivity contribution < 1.29 is 19.6 Å². The molecule has 1 saturated carbocycles. The lowest BCUT2D eigenvalue weighted by molar-refractivity contribution is -0.386. The van der Waals surface area contributed by atoms with Crippen molar-refractivity contribution in [2.45, 2.75) is 31.9 Å². The van der Waals surface area contributed by atoms with Gasteiger partial charge in [-0.15, -0.1) is 0 Å². The molecule has 0 unspecified atom stereocenters. The molecule has 2 N–H and O–H groups in total. The highest BCUT2D eigenvalue weighted by Gasteiger charge is 2.23. The van der Waals surface area contributed by atoms with E-state index in [-0.39, 0.29) is 37.0 Å². The Morgan fingerprint density at radius 3 is 2.85 bits per heavy atom. The van der Waals surface area contributed by atoms with E-state index in [1.165, 1.54) is 12.1 Å². The molecule has 1 aliphatic carbocycles. The maximum Gasteiger partial charge on any atom is 0.311 e. The maximum atomic E-state index is 11.4. The van der Waals surface area contributed by atoms with Crippen LogP contribution in [0.4, 0.5) is 5.69 Å². The van der Waals surface area contributed by atoms with Crippen LogP contribution >= 0.6 is 0 Å². The molecule has 0 spiro atoms. The Morgan fingerprint density at radius 2 is 2.25 bits per heavy atom. The van der Waals surface area contributed by atoms with E-state index in [1.54, 1.807) is 6.07 Å². The van der Waals surface area contributed by atoms with Gasteiger partial charge in [-0.1, -0.05) is 6.07 Å². The van der Waals surface area contributed by atoms with Crippen molar-refractivity contribution >= 4 is 11.6 Å². The van der Waals surface area contributed by atoms with E-state index in [2.05, 4.69) is 5.32 Å². The summed E-state index contributed by atoms with van der Waals surface area (Å²) < 4.78 is 5.29. The van der Waals surface area contributed by atoms with E-state index >= 15 is 0 Å². The molecule has 20 heavy (non-hydrogen) atoms. The van der Waals surface area contributed by atoms with Crippen molar-refractivity contribution in [3.63, 3.8) is 0 Å². The molecule has 7 heteroatoms. The van der Waals surface area contributed by atoms with Gasteiger partial charge in [0, 0.05) is 12.1 Å². The van der Waals surface area contributed by atoms with Crippen LogP contribution in [0.25, 0.3) is 0 Å². The number of nitro benzene ring substituents is 1. The van der Waals surface area contributed by atoms with Crippen LogP contribution in [0.1, 0.15) is 24.8 Å². The molecular formula is C13H16N2O5. The van der Waals surface area contributed by atoms with Gasteiger partial charge in [0.05, 0.1) is 24.6 Å². The van der Waals surface area contributed by atoms with E-state index < -0.39 is 4.92 Å². The van der Waals surface area contributed by atoms with Crippen molar-refractivity contribution in [2.24, 2.45) is 0 Å². The van der Waals surface area contributed by atoms with Crippen LogP contribution in [0.5, 0.6) is 5.75 Å². The molecule has 2 rings (SSSR count). The minimum Gasteiger partial charge on any atom is -0.486 e. The second-order valence-electron chi connectivity index (χ2n) is 4.66. The number of nitrogens with one attached hydrogen (secondary N) is 1. The van der Waals surface area contributed by atoms with Crippen LogP contribution in [0, 0.1) is 10.1 Å². The molecule has 0 heterocycles. The summed E-state index contributed by atoms with van der Waals surface area (Å²) in [6, 6.07) is 4.54. The standard InChI is InChI=1S/C13H16N2O5/c16-8-9-1-4-12(11(7-9)15(18)19)20-6-5-13(17)14-10-2-3-10/h1,4,7,10,16H,2-3,5-6,8H2,(H,14,17). The first-order valence-corrected chi connectivity index (χ1v) is 6.40. The number of nitro groups is 1. The minimum absolute atomic E-state index is 0.0812. The first-order chi connectivity index (χ1) is 9.60. The highest BCUT2D eigenvalue weighted by Crippen LogP contribution is 2.28. The molecule has 1 aromatic carbocycles. The Balaban J connectivity index is 1.90. The van der Waals surface area contributed by atoms with Crippen LogP contribution in [0.2, 0.25) is 0 Å². The van der Waals surface area contributed by atoms with Crippen molar-refractivity contribution in [1.29, 1.82) is 0 Å². The van der Waals surface area contributed by atoms with Gasteiger partial charge in [0.1, 0.15) is 0 Å². The summed E-state index contributed by atoms with van der Waals surface area (Å²) in [6.07, 6.45) is 2.19. The number of amides is 1. The first kappa shape index (κ1) is 14.3. The van der Waals surface area contributed by atoms with Crippen molar-refractivity contribution in [1.82, 2.24) is 5.32 Å². The highest BCUT2D eigenvalue weighted by atomic mass is 16.6. The lowest BCUT2D eigenvalue weighted by Crippen LogP contribution is -2.26. The van der Waals surface area contributed by atoms with Gasteiger partial charge < -0.3 is 15.2 Å². The zero-order valence-electron chi connectivity index (χ0n) is 10.9. The highest BCUT2D eigenvalue weighted by molar-refractivity contribution is 5.76. The van der Waals surface area contributed by atoms with Gasteiger partial charge in [0.15, 0.2) is 5.75 Å². The van der Waals surface area contributed by atoms with Crippen LogP contribution < -0.4 is 10.1 Å². The van der Waals surface area contributed by atoms with Gasteiger partial charge >= 0.3 is 5.69 Å². The van der Waals surface area contributed by atoms with Crippen molar-refractivity contribution in [2.75, 3.05) is 6.61 Å². The van der Waals surface area contributed by atoms with Crippen LogP contribution in [0.3, 0.4) is 0 Å². The third-order valence-corrected chi connectivity index (χ3v) is 2.93. The molecule has 0 saturated heterocycles. The number of carbonyl (C=O) groups excluding carboxylic acids is 1. The number of aliphatic hydroxyl groups excluding tert-OH is 1. The SMILES string of the molecule is O=C(CCOc1ccc(CO)cc1[N+](=O)[O-])NC1CC1. The van der Waals surface area contributed by atoms with Crippen molar-refractivity contribution in [3.8, 4) is 5.75 Å². The summed E-state index contributed by atoms with van der Waals surface area (Å²) in [5, 5.41) is 22.7. The molecule has 0 atom stereocenters. The van der Waals surface area contributed by atoms with Crippen LogP contribution in [-0.2, 0) is 11.4 Å². The summed E-state index contributed by atoms with van der Waals surface area (Å²) >= 11 is 0. The lowest BCUT2D eigenvalue weighted by Gasteiger charge is -2.08. The number of rotatable bonds is 7. The zero-order chi connectivity index (χ0) is 14.5. The van der Waals surface area contributed by atoms with Crippen molar-refractivity contribution in [3.05, 3.63) is 33.9 Å². The summed E-state index contributed by atoms with van der Waals surface area (Å²) in [5.41, 5.74) is 0.231. The molecular weight excluding hydrogens is 264 g/mol. The fourth-order valence-electron chi connectivity index (χ4n) is 1.71. The Kier molecular flexibility index (Phi) is 4.52. The fourth-order valence-corrected chi connectivity index (χ4v) is 1.71. The number of ether oxygens (including phenoxy) is 1. The van der Waals surface area contributed by atoms with E-state index in [0.717, 1.165) is 12.8 Å². The van der Waals surface area contributed by atoms with Crippen LogP contribution in [0.15, 0.2) is 18.2 Å². The summed E-state index contributed by atoms with van der Waals surface area (Å²) in [6.45, 7) is -0.192. The smallest absolute Gasteiger partial charge is 0.311 e. The Labute approximate surface area is 115 Å². The second kappa shape index (κ2) is 6.33. The summed E-state index contributed by atoms with van der Waals surface area (Å²) in [5.74, 6) is -0.00597. The third-order valence-electron chi connectivity index (χ3n) is 2.93. The van der Waals surface area contributed by atoms with Gasteiger partial charge in [-0.3, -0.25) is 14.9 Å². The quantitative estimate of drug-likeness (QED) is 0.576. The number of hydrogen-bond acceptors (Lipinski definition) is 5. The fraction of sp³-hybridized carbons (Fsp3) is 0.462. The molecule has 108 valence electrons. The topological polar surface area (TPSA) is 102 Å². The Hall–Kier alpha value is -2.15. The van der Waals surface area contributed by atoms with Gasteiger partial charge in [0.25, 0.3) is 0 Å². The number of nitrogens with zero attached hydrogens (tertiary/aromatic N) is 1. The first-order valence-electron chi connectivity index (χ1n) is 6.40. The van der Waals surface area contributed by atoms with E-state index in [1.807, 2.05) is 0 Å². The molecule has 1 amide bonds. The normalized spacial score (nSPS) is 13.8. The number of hydrogen-bond donors (Lipinski definition) is 2. The molecule has 1 fully saturated rings.